The van der Waals surface area contributed by atoms with Crippen LogP contribution in [0.3, 0.4) is 0 Å². The van der Waals surface area contributed by atoms with Gasteiger partial charge in [0.2, 0.25) is 0 Å². The standard InChI is InChI=1S/C13H20FNOS/c1-10(2)17-15-9-13(3,14)11-5-7-12(16-4)8-6-11/h5-8,10,15H,9H2,1-4H3. The maximum absolute atomic E-state index is 14.4. The minimum Gasteiger partial charge on any atom is -0.497 e. The van der Waals surface area contributed by atoms with E-state index in [2.05, 4.69) is 18.6 Å². The highest BCUT2D eigenvalue weighted by Gasteiger charge is 2.25. The maximum atomic E-state index is 14.4. The van der Waals surface area contributed by atoms with Gasteiger partial charge in [-0.3, -0.25) is 4.72 Å². The van der Waals surface area contributed by atoms with Gasteiger partial charge in [-0.1, -0.05) is 37.9 Å². The smallest absolute Gasteiger partial charge is 0.146 e. The number of hydrogen-bond donors (Lipinski definition) is 1. The Morgan fingerprint density at radius 2 is 1.94 bits per heavy atom. The van der Waals surface area contributed by atoms with Crippen molar-refractivity contribution < 1.29 is 9.13 Å². The van der Waals surface area contributed by atoms with Crippen LogP contribution in [0.2, 0.25) is 0 Å². The van der Waals surface area contributed by atoms with Gasteiger partial charge in [0.1, 0.15) is 11.4 Å². The summed E-state index contributed by atoms with van der Waals surface area (Å²) in [6, 6.07) is 7.09. The summed E-state index contributed by atoms with van der Waals surface area (Å²) < 4.78 is 22.5. The number of alkyl halides is 1. The summed E-state index contributed by atoms with van der Waals surface area (Å²) >= 11 is 1.55. The summed E-state index contributed by atoms with van der Waals surface area (Å²) in [5, 5.41) is 0.446. The van der Waals surface area contributed by atoms with E-state index in [4.69, 9.17) is 4.74 Å². The largest absolute Gasteiger partial charge is 0.497 e. The van der Waals surface area contributed by atoms with Gasteiger partial charge in [0.05, 0.1) is 7.11 Å². The van der Waals surface area contributed by atoms with Crippen molar-refractivity contribution in [3.8, 4) is 5.75 Å². The van der Waals surface area contributed by atoms with E-state index in [9.17, 15) is 4.39 Å². The number of methoxy groups -OCH3 is 1. The molecule has 0 bridgehead atoms. The number of halogens is 1. The van der Waals surface area contributed by atoms with Crippen LogP contribution in [-0.2, 0) is 5.67 Å². The highest BCUT2D eigenvalue weighted by molar-refractivity contribution is 7.97. The molecule has 1 N–H and O–H groups in total. The molecule has 0 saturated heterocycles. The quantitative estimate of drug-likeness (QED) is 0.788. The van der Waals surface area contributed by atoms with Crippen LogP contribution in [0.15, 0.2) is 24.3 Å². The van der Waals surface area contributed by atoms with Gasteiger partial charge in [0.25, 0.3) is 0 Å². The molecule has 0 spiro atoms. The normalized spacial score (nSPS) is 14.7. The van der Waals surface area contributed by atoms with E-state index in [1.165, 1.54) is 0 Å². The zero-order chi connectivity index (χ0) is 12.9. The Morgan fingerprint density at radius 1 is 1.35 bits per heavy atom. The number of ether oxygens (including phenoxy) is 1. The average molecular weight is 257 g/mol. The van der Waals surface area contributed by atoms with Crippen LogP contribution < -0.4 is 9.46 Å². The van der Waals surface area contributed by atoms with Crippen molar-refractivity contribution in [1.82, 2.24) is 4.72 Å². The van der Waals surface area contributed by atoms with Crippen molar-refractivity contribution in [2.45, 2.75) is 31.7 Å². The van der Waals surface area contributed by atoms with Crippen LogP contribution in [0.25, 0.3) is 0 Å². The molecule has 0 saturated carbocycles. The fraction of sp³-hybridized carbons (Fsp3) is 0.538. The molecular weight excluding hydrogens is 237 g/mol. The Morgan fingerprint density at radius 3 is 2.41 bits per heavy atom. The molecule has 0 aromatic heterocycles. The predicted octanol–water partition coefficient (Wildman–Crippen LogP) is 3.53. The number of hydrogen-bond acceptors (Lipinski definition) is 3. The summed E-state index contributed by atoms with van der Waals surface area (Å²) in [5.41, 5.74) is -0.705. The Bertz CT molecular complexity index is 338. The lowest BCUT2D eigenvalue weighted by atomic mass is 9.98. The van der Waals surface area contributed by atoms with Gasteiger partial charge in [0.15, 0.2) is 0 Å². The van der Waals surface area contributed by atoms with E-state index in [0.29, 0.717) is 17.4 Å². The first-order valence-corrected chi connectivity index (χ1v) is 6.55. The van der Waals surface area contributed by atoms with Crippen LogP contribution in [0.4, 0.5) is 4.39 Å². The third-order valence-electron chi connectivity index (χ3n) is 2.42. The van der Waals surface area contributed by atoms with Gasteiger partial charge in [0, 0.05) is 11.8 Å². The van der Waals surface area contributed by atoms with Gasteiger partial charge < -0.3 is 4.74 Å². The highest BCUT2D eigenvalue weighted by Crippen LogP contribution is 2.27. The van der Waals surface area contributed by atoms with Crippen molar-refractivity contribution >= 4 is 11.9 Å². The fourth-order valence-electron chi connectivity index (χ4n) is 1.38. The van der Waals surface area contributed by atoms with Crippen molar-refractivity contribution in [3.05, 3.63) is 29.8 Å². The first-order chi connectivity index (χ1) is 7.95. The lowest BCUT2D eigenvalue weighted by molar-refractivity contribution is 0.198. The molecule has 0 fully saturated rings. The number of nitrogens with one attached hydrogen (secondary N) is 1. The summed E-state index contributed by atoms with van der Waals surface area (Å²) in [6.07, 6.45) is 0. The third-order valence-corrected chi connectivity index (χ3v) is 3.20. The zero-order valence-electron chi connectivity index (χ0n) is 10.8. The Hall–Kier alpha value is -0.740. The van der Waals surface area contributed by atoms with Crippen LogP contribution in [0.5, 0.6) is 5.75 Å². The van der Waals surface area contributed by atoms with Gasteiger partial charge in [-0.25, -0.2) is 4.39 Å². The minimum absolute atomic E-state index is 0.294. The second-order valence-corrected chi connectivity index (χ2v) is 5.88. The van der Waals surface area contributed by atoms with E-state index in [1.54, 1.807) is 50.2 Å². The molecular formula is C13H20FNOS. The second kappa shape index (κ2) is 6.26. The first-order valence-electron chi connectivity index (χ1n) is 5.67. The van der Waals surface area contributed by atoms with Crippen molar-refractivity contribution in [2.75, 3.05) is 13.7 Å². The summed E-state index contributed by atoms with van der Waals surface area (Å²) in [5.74, 6) is 0.745. The van der Waals surface area contributed by atoms with Gasteiger partial charge in [-0.2, -0.15) is 0 Å². The first kappa shape index (κ1) is 14.3. The topological polar surface area (TPSA) is 21.3 Å². The molecule has 1 rings (SSSR count). The molecule has 0 aliphatic carbocycles. The monoisotopic (exact) mass is 257 g/mol. The van der Waals surface area contributed by atoms with E-state index >= 15 is 0 Å². The number of rotatable bonds is 6. The molecule has 1 unspecified atom stereocenters. The summed E-state index contributed by atoms with van der Waals surface area (Å²) in [7, 11) is 1.60. The highest BCUT2D eigenvalue weighted by atomic mass is 32.2. The van der Waals surface area contributed by atoms with Crippen molar-refractivity contribution in [2.24, 2.45) is 0 Å². The predicted molar refractivity (Wildman–Crippen MR) is 72.2 cm³/mol. The van der Waals surface area contributed by atoms with E-state index in [1.807, 2.05) is 0 Å². The average Bonchev–Trinajstić information content (AvgIpc) is 2.28. The molecule has 1 atom stereocenters. The molecule has 0 radical (unpaired) electrons. The molecule has 1 aromatic rings. The molecule has 4 heteroatoms. The number of benzene rings is 1. The molecule has 0 amide bonds. The van der Waals surface area contributed by atoms with Gasteiger partial charge in [-0.15, -0.1) is 0 Å². The van der Waals surface area contributed by atoms with E-state index in [-0.39, 0.29) is 0 Å². The van der Waals surface area contributed by atoms with E-state index < -0.39 is 5.67 Å². The van der Waals surface area contributed by atoms with E-state index in [0.717, 1.165) is 5.75 Å². The third kappa shape index (κ3) is 4.56. The van der Waals surface area contributed by atoms with Crippen LogP contribution in [0.1, 0.15) is 26.3 Å². The minimum atomic E-state index is -1.37. The van der Waals surface area contributed by atoms with Crippen LogP contribution in [-0.4, -0.2) is 18.9 Å². The zero-order valence-corrected chi connectivity index (χ0v) is 11.6. The lowest BCUT2D eigenvalue weighted by Crippen LogP contribution is -2.28. The second-order valence-electron chi connectivity index (χ2n) is 4.41. The maximum Gasteiger partial charge on any atom is 0.146 e. The lowest BCUT2D eigenvalue weighted by Gasteiger charge is -2.22. The summed E-state index contributed by atoms with van der Waals surface area (Å²) in [6.45, 7) is 6.02. The molecule has 96 valence electrons. The van der Waals surface area contributed by atoms with Gasteiger partial charge in [-0.05, 0) is 24.6 Å². The molecule has 2 nitrogen and oxygen atoms in total. The van der Waals surface area contributed by atoms with Crippen molar-refractivity contribution in [3.63, 3.8) is 0 Å². The Kier molecular flexibility index (Phi) is 5.28. The van der Waals surface area contributed by atoms with Crippen LogP contribution in [0, 0.1) is 0 Å². The SMILES string of the molecule is COc1ccc(C(C)(F)CNSC(C)C)cc1. The summed E-state index contributed by atoms with van der Waals surface area (Å²) in [4.78, 5) is 0. The Labute approximate surface area is 107 Å². The van der Waals surface area contributed by atoms with Crippen LogP contribution >= 0.6 is 11.9 Å². The fourth-order valence-corrected chi connectivity index (χ4v) is 2.07. The molecule has 1 aromatic carbocycles. The molecule has 0 heterocycles. The van der Waals surface area contributed by atoms with Crippen molar-refractivity contribution in [1.29, 1.82) is 0 Å². The van der Waals surface area contributed by atoms with Gasteiger partial charge >= 0.3 is 0 Å². The molecule has 0 aliphatic heterocycles. The Balaban J connectivity index is 2.61. The molecule has 0 aliphatic rings. The molecule has 17 heavy (non-hydrogen) atoms.